The first-order chi connectivity index (χ1) is 13.4. The summed E-state index contributed by atoms with van der Waals surface area (Å²) in [5.41, 5.74) is 2.58. The largest absolute Gasteiger partial charge is 0.491 e. The molecular formula is C23H25NO2S. The number of thiophene rings is 1. The predicted octanol–water partition coefficient (Wildman–Crippen LogP) is 4.62. The fraction of sp³-hybridized carbons (Fsp3) is 0.304. The highest BCUT2D eigenvalue weighted by atomic mass is 32.1. The highest BCUT2D eigenvalue weighted by Crippen LogP contribution is 2.24. The van der Waals surface area contributed by atoms with Gasteiger partial charge in [0.15, 0.2) is 0 Å². The third kappa shape index (κ3) is 5.19. The van der Waals surface area contributed by atoms with E-state index in [2.05, 4.69) is 70.9 Å². The van der Waals surface area contributed by atoms with E-state index >= 15 is 0 Å². The first kappa shape index (κ1) is 18.2. The van der Waals surface area contributed by atoms with Crippen molar-refractivity contribution in [3.8, 4) is 5.75 Å². The molecule has 2 aromatic carbocycles. The minimum Gasteiger partial charge on any atom is -0.491 e. The van der Waals surface area contributed by atoms with Crippen molar-refractivity contribution in [2.45, 2.75) is 19.1 Å². The molecule has 140 valence electrons. The SMILES string of the molecule is c1ccc(CN2CCOC(COc3ccccc3Cc3cccs3)C2)cc1. The van der Waals surface area contributed by atoms with Crippen molar-refractivity contribution in [1.29, 1.82) is 0 Å². The molecule has 1 aromatic heterocycles. The maximum Gasteiger partial charge on any atom is 0.122 e. The molecule has 4 heteroatoms. The number of rotatable bonds is 7. The molecule has 3 aromatic rings. The van der Waals surface area contributed by atoms with Crippen LogP contribution in [-0.4, -0.2) is 37.3 Å². The van der Waals surface area contributed by atoms with Crippen LogP contribution in [0, 0.1) is 0 Å². The van der Waals surface area contributed by atoms with E-state index in [0.29, 0.717) is 6.61 Å². The molecule has 27 heavy (non-hydrogen) atoms. The first-order valence-corrected chi connectivity index (χ1v) is 10.4. The number of hydrogen-bond acceptors (Lipinski definition) is 4. The quantitative estimate of drug-likeness (QED) is 0.598. The van der Waals surface area contributed by atoms with E-state index in [4.69, 9.17) is 9.47 Å². The number of hydrogen-bond donors (Lipinski definition) is 0. The van der Waals surface area contributed by atoms with Crippen LogP contribution in [0.25, 0.3) is 0 Å². The summed E-state index contributed by atoms with van der Waals surface area (Å²) in [4.78, 5) is 3.80. The van der Waals surface area contributed by atoms with Gasteiger partial charge in [-0.3, -0.25) is 4.90 Å². The molecule has 1 fully saturated rings. The molecule has 1 aliphatic rings. The molecule has 0 amide bonds. The van der Waals surface area contributed by atoms with Gasteiger partial charge in [-0.05, 0) is 28.6 Å². The van der Waals surface area contributed by atoms with Crippen LogP contribution in [0.2, 0.25) is 0 Å². The Morgan fingerprint density at radius 3 is 2.70 bits per heavy atom. The molecule has 1 unspecified atom stereocenters. The van der Waals surface area contributed by atoms with E-state index in [1.54, 1.807) is 11.3 Å². The van der Waals surface area contributed by atoms with Gasteiger partial charge in [-0.1, -0.05) is 54.6 Å². The van der Waals surface area contributed by atoms with E-state index < -0.39 is 0 Å². The summed E-state index contributed by atoms with van der Waals surface area (Å²) in [6, 6.07) is 23.2. The predicted molar refractivity (Wildman–Crippen MR) is 111 cm³/mol. The molecule has 0 bridgehead atoms. The van der Waals surface area contributed by atoms with Crippen molar-refractivity contribution in [3.63, 3.8) is 0 Å². The Bertz CT molecular complexity index is 819. The van der Waals surface area contributed by atoms with Gasteiger partial charge >= 0.3 is 0 Å². The Morgan fingerprint density at radius 2 is 1.85 bits per heavy atom. The van der Waals surface area contributed by atoms with Crippen molar-refractivity contribution < 1.29 is 9.47 Å². The van der Waals surface area contributed by atoms with E-state index in [1.165, 1.54) is 16.0 Å². The van der Waals surface area contributed by atoms with Gasteiger partial charge in [0.1, 0.15) is 18.5 Å². The summed E-state index contributed by atoms with van der Waals surface area (Å²) < 4.78 is 12.1. The van der Waals surface area contributed by atoms with Gasteiger partial charge in [-0.2, -0.15) is 0 Å². The van der Waals surface area contributed by atoms with Gasteiger partial charge in [0, 0.05) is 30.9 Å². The minimum atomic E-state index is 0.109. The summed E-state index contributed by atoms with van der Waals surface area (Å²) >= 11 is 1.79. The Morgan fingerprint density at radius 1 is 1.00 bits per heavy atom. The van der Waals surface area contributed by atoms with Crippen molar-refractivity contribution in [2.24, 2.45) is 0 Å². The third-order valence-corrected chi connectivity index (χ3v) is 5.69. The number of ether oxygens (including phenoxy) is 2. The van der Waals surface area contributed by atoms with Crippen LogP contribution in [0.5, 0.6) is 5.75 Å². The van der Waals surface area contributed by atoms with Crippen LogP contribution in [0.1, 0.15) is 16.0 Å². The minimum absolute atomic E-state index is 0.109. The standard InChI is InChI=1S/C23H25NO2S/c1-2-7-19(8-3-1)16-24-12-13-25-21(17-24)18-26-23-11-5-4-9-20(23)15-22-10-6-14-27-22/h1-11,14,21H,12-13,15-18H2. The lowest BCUT2D eigenvalue weighted by Gasteiger charge is -2.33. The summed E-state index contributed by atoms with van der Waals surface area (Å²) in [7, 11) is 0. The maximum atomic E-state index is 6.18. The smallest absolute Gasteiger partial charge is 0.122 e. The highest BCUT2D eigenvalue weighted by Gasteiger charge is 2.21. The maximum absolute atomic E-state index is 6.18. The number of nitrogens with zero attached hydrogens (tertiary/aromatic N) is 1. The van der Waals surface area contributed by atoms with Crippen LogP contribution >= 0.6 is 11.3 Å². The average molecular weight is 380 g/mol. The zero-order valence-corrected chi connectivity index (χ0v) is 16.2. The second-order valence-electron chi connectivity index (χ2n) is 6.89. The monoisotopic (exact) mass is 379 g/mol. The number of benzene rings is 2. The number of morpholine rings is 1. The third-order valence-electron chi connectivity index (χ3n) is 4.81. The molecule has 1 atom stereocenters. The Labute approximate surface area is 165 Å². The lowest BCUT2D eigenvalue weighted by Crippen LogP contribution is -2.44. The van der Waals surface area contributed by atoms with E-state index in [1.807, 2.05) is 6.07 Å². The van der Waals surface area contributed by atoms with E-state index in [0.717, 1.165) is 38.4 Å². The topological polar surface area (TPSA) is 21.7 Å². The fourth-order valence-corrected chi connectivity index (χ4v) is 4.17. The molecule has 0 saturated carbocycles. The Hall–Kier alpha value is -2.14. The van der Waals surface area contributed by atoms with Crippen molar-refractivity contribution in [2.75, 3.05) is 26.3 Å². The summed E-state index contributed by atoms with van der Waals surface area (Å²) in [6.07, 6.45) is 1.02. The molecule has 2 heterocycles. The molecule has 0 spiro atoms. The van der Waals surface area contributed by atoms with Crippen molar-refractivity contribution in [1.82, 2.24) is 4.90 Å². The van der Waals surface area contributed by atoms with Gasteiger partial charge in [-0.15, -0.1) is 11.3 Å². The van der Waals surface area contributed by atoms with Gasteiger partial charge in [0.2, 0.25) is 0 Å². The Balaban J connectivity index is 1.33. The van der Waals surface area contributed by atoms with Crippen molar-refractivity contribution in [3.05, 3.63) is 88.1 Å². The summed E-state index contributed by atoms with van der Waals surface area (Å²) in [5.74, 6) is 0.967. The van der Waals surface area contributed by atoms with Gasteiger partial charge < -0.3 is 9.47 Å². The van der Waals surface area contributed by atoms with Crippen LogP contribution in [-0.2, 0) is 17.7 Å². The highest BCUT2D eigenvalue weighted by molar-refractivity contribution is 7.09. The number of para-hydroxylation sites is 1. The normalized spacial score (nSPS) is 17.7. The lowest BCUT2D eigenvalue weighted by molar-refractivity contribution is -0.0505. The van der Waals surface area contributed by atoms with Crippen LogP contribution < -0.4 is 4.74 Å². The molecule has 4 rings (SSSR count). The average Bonchev–Trinajstić information content (AvgIpc) is 3.22. The molecule has 1 aliphatic heterocycles. The van der Waals surface area contributed by atoms with Gasteiger partial charge in [-0.25, -0.2) is 0 Å². The zero-order chi connectivity index (χ0) is 18.3. The second kappa shape index (κ2) is 9.18. The summed E-state index contributed by atoms with van der Waals surface area (Å²) in [6.45, 7) is 4.20. The van der Waals surface area contributed by atoms with Gasteiger partial charge in [0.25, 0.3) is 0 Å². The van der Waals surface area contributed by atoms with E-state index in [9.17, 15) is 0 Å². The molecule has 0 N–H and O–H groups in total. The fourth-order valence-electron chi connectivity index (χ4n) is 3.44. The lowest BCUT2D eigenvalue weighted by atomic mass is 10.1. The second-order valence-corrected chi connectivity index (χ2v) is 7.92. The van der Waals surface area contributed by atoms with E-state index in [-0.39, 0.29) is 6.10 Å². The molecule has 0 radical (unpaired) electrons. The first-order valence-electron chi connectivity index (χ1n) is 9.48. The van der Waals surface area contributed by atoms with Crippen LogP contribution in [0.3, 0.4) is 0 Å². The molecule has 0 aliphatic carbocycles. The zero-order valence-electron chi connectivity index (χ0n) is 15.4. The molecular weight excluding hydrogens is 354 g/mol. The Kier molecular flexibility index (Phi) is 6.20. The molecule has 1 saturated heterocycles. The summed E-state index contributed by atoms with van der Waals surface area (Å²) in [5, 5.41) is 2.12. The van der Waals surface area contributed by atoms with Gasteiger partial charge in [0.05, 0.1) is 6.61 Å². The van der Waals surface area contributed by atoms with Crippen LogP contribution in [0.4, 0.5) is 0 Å². The van der Waals surface area contributed by atoms with Crippen LogP contribution in [0.15, 0.2) is 72.1 Å². The van der Waals surface area contributed by atoms with Crippen molar-refractivity contribution >= 4 is 11.3 Å². The molecule has 3 nitrogen and oxygen atoms in total.